The molecule has 0 aliphatic rings. The van der Waals surface area contributed by atoms with E-state index < -0.39 is 16.0 Å². The number of carbonyl (C=O) groups is 1. The van der Waals surface area contributed by atoms with E-state index >= 15 is 0 Å². The highest BCUT2D eigenvalue weighted by Crippen LogP contribution is 2.17. The molecule has 0 spiro atoms. The number of pyridine rings is 1. The van der Waals surface area contributed by atoms with E-state index in [1.807, 2.05) is 6.92 Å². The van der Waals surface area contributed by atoms with Crippen LogP contribution in [0, 0.1) is 0 Å². The fraction of sp³-hybridized carbons (Fsp3) is 0.500. The molecule has 0 aliphatic heterocycles. The van der Waals surface area contributed by atoms with E-state index in [2.05, 4.69) is 10.3 Å². The molecule has 0 aliphatic carbocycles. The van der Waals surface area contributed by atoms with Crippen LogP contribution in [-0.4, -0.2) is 26.9 Å². The second-order valence-electron chi connectivity index (χ2n) is 4.00. The van der Waals surface area contributed by atoms with Crippen molar-refractivity contribution >= 4 is 22.4 Å². The minimum absolute atomic E-state index is 0.210. The first-order valence-corrected chi connectivity index (χ1v) is 7.17. The largest absolute Gasteiger partial charge is 0.396 e. The summed E-state index contributed by atoms with van der Waals surface area (Å²) in [6.45, 7) is 4.30. The summed E-state index contributed by atoms with van der Waals surface area (Å²) in [6.07, 6.45) is 4.89. The second-order valence-corrected chi connectivity index (χ2v) is 5.74. The lowest BCUT2D eigenvalue weighted by molar-refractivity contribution is -0.120. The SMILES string of the molecule is CCCCNC(=O)C(C)S(=O)c1ccncc1N. The number of aromatic nitrogens is 1. The van der Waals surface area contributed by atoms with Crippen LogP contribution in [0.1, 0.15) is 26.7 Å². The Morgan fingerprint density at radius 2 is 2.33 bits per heavy atom. The summed E-state index contributed by atoms with van der Waals surface area (Å²) >= 11 is 0. The highest BCUT2D eigenvalue weighted by Gasteiger charge is 2.22. The van der Waals surface area contributed by atoms with Crippen LogP contribution in [0.4, 0.5) is 5.69 Å². The lowest BCUT2D eigenvalue weighted by atomic mass is 10.3. The van der Waals surface area contributed by atoms with Gasteiger partial charge in [0, 0.05) is 12.7 Å². The van der Waals surface area contributed by atoms with E-state index in [9.17, 15) is 9.00 Å². The van der Waals surface area contributed by atoms with Crippen molar-refractivity contribution in [1.82, 2.24) is 10.3 Å². The summed E-state index contributed by atoms with van der Waals surface area (Å²) in [7, 11) is -1.45. The van der Waals surface area contributed by atoms with E-state index in [0.29, 0.717) is 17.1 Å². The van der Waals surface area contributed by atoms with E-state index in [1.165, 1.54) is 12.4 Å². The number of rotatable bonds is 6. The van der Waals surface area contributed by atoms with Crippen molar-refractivity contribution in [3.63, 3.8) is 0 Å². The van der Waals surface area contributed by atoms with Crippen LogP contribution in [0.3, 0.4) is 0 Å². The zero-order valence-electron chi connectivity index (χ0n) is 10.7. The van der Waals surface area contributed by atoms with Gasteiger partial charge >= 0.3 is 0 Å². The Morgan fingerprint density at radius 1 is 1.61 bits per heavy atom. The van der Waals surface area contributed by atoms with Crippen LogP contribution in [-0.2, 0) is 15.6 Å². The average molecular weight is 269 g/mol. The van der Waals surface area contributed by atoms with Gasteiger partial charge in [0.05, 0.1) is 27.6 Å². The van der Waals surface area contributed by atoms with Crippen LogP contribution in [0.25, 0.3) is 0 Å². The topological polar surface area (TPSA) is 85.1 Å². The van der Waals surface area contributed by atoms with E-state index in [1.54, 1.807) is 13.0 Å². The fourth-order valence-electron chi connectivity index (χ4n) is 1.40. The minimum Gasteiger partial charge on any atom is -0.396 e. The first-order valence-electron chi connectivity index (χ1n) is 5.95. The van der Waals surface area contributed by atoms with Crippen molar-refractivity contribution in [2.24, 2.45) is 0 Å². The van der Waals surface area contributed by atoms with Crippen molar-refractivity contribution in [1.29, 1.82) is 0 Å². The van der Waals surface area contributed by atoms with Gasteiger partial charge < -0.3 is 11.1 Å². The number of unbranched alkanes of at least 4 members (excludes halogenated alkanes) is 1. The number of hydrogen-bond donors (Lipinski definition) is 2. The van der Waals surface area contributed by atoms with Gasteiger partial charge in [0.25, 0.3) is 0 Å². The maximum Gasteiger partial charge on any atom is 0.235 e. The maximum absolute atomic E-state index is 12.2. The van der Waals surface area contributed by atoms with Gasteiger partial charge in [-0.15, -0.1) is 0 Å². The summed E-state index contributed by atoms with van der Waals surface area (Å²) in [6, 6.07) is 1.58. The molecule has 0 aromatic carbocycles. The molecule has 100 valence electrons. The Bertz CT molecular complexity index is 437. The first-order chi connectivity index (χ1) is 8.57. The zero-order valence-corrected chi connectivity index (χ0v) is 11.5. The molecule has 1 rings (SSSR count). The molecule has 0 saturated heterocycles. The molecule has 2 unspecified atom stereocenters. The normalized spacial score (nSPS) is 13.9. The van der Waals surface area contributed by atoms with Gasteiger partial charge in [0.1, 0.15) is 5.25 Å². The Kier molecular flexibility index (Phi) is 5.77. The van der Waals surface area contributed by atoms with E-state index in [4.69, 9.17) is 5.73 Å². The molecular formula is C12H19N3O2S. The van der Waals surface area contributed by atoms with Gasteiger partial charge in [0.15, 0.2) is 0 Å². The third kappa shape index (κ3) is 3.80. The Balaban J connectivity index is 2.67. The molecule has 1 aromatic rings. The molecule has 2 atom stereocenters. The second kappa shape index (κ2) is 7.10. The van der Waals surface area contributed by atoms with Gasteiger partial charge in [-0.05, 0) is 19.4 Å². The number of carbonyl (C=O) groups excluding carboxylic acids is 1. The molecule has 3 N–H and O–H groups in total. The van der Waals surface area contributed by atoms with Crippen LogP contribution >= 0.6 is 0 Å². The van der Waals surface area contributed by atoms with Crippen molar-refractivity contribution < 1.29 is 9.00 Å². The number of nitrogens with two attached hydrogens (primary N) is 1. The number of nitrogens with one attached hydrogen (secondary N) is 1. The highest BCUT2D eigenvalue weighted by molar-refractivity contribution is 7.86. The summed E-state index contributed by atoms with van der Waals surface area (Å²) in [5.74, 6) is -0.210. The zero-order chi connectivity index (χ0) is 13.5. The van der Waals surface area contributed by atoms with Gasteiger partial charge in [-0.1, -0.05) is 13.3 Å². The summed E-state index contributed by atoms with van der Waals surface area (Å²) in [5, 5.41) is 2.15. The number of hydrogen-bond acceptors (Lipinski definition) is 4. The van der Waals surface area contributed by atoms with Crippen LogP contribution in [0.2, 0.25) is 0 Å². The molecule has 5 nitrogen and oxygen atoms in total. The number of nitrogen functional groups attached to an aromatic ring is 1. The molecule has 6 heteroatoms. The Hall–Kier alpha value is -1.43. The predicted octanol–water partition coefficient (Wildman–Crippen LogP) is 1.08. The number of amides is 1. The van der Waals surface area contributed by atoms with Crippen LogP contribution in [0.5, 0.6) is 0 Å². The quantitative estimate of drug-likeness (QED) is 0.757. The van der Waals surface area contributed by atoms with Gasteiger partial charge in [-0.2, -0.15) is 0 Å². The van der Waals surface area contributed by atoms with Crippen molar-refractivity contribution in [3.05, 3.63) is 18.5 Å². The third-order valence-corrected chi connectivity index (χ3v) is 4.21. The van der Waals surface area contributed by atoms with Crippen LogP contribution in [0.15, 0.2) is 23.4 Å². The molecule has 18 heavy (non-hydrogen) atoms. The molecule has 0 radical (unpaired) electrons. The smallest absolute Gasteiger partial charge is 0.235 e. The molecule has 0 bridgehead atoms. The summed E-state index contributed by atoms with van der Waals surface area (Å²) < 4.78 is 12.2. The lowest BCUT2D eigenvalue weighted by Gasteiger charge is -2.12. The average Bonchev–Trinajstić information content (AvgIpc) is 2.38. The molecule has 1 heterocycles. The molecule has 0 fully saturated rings. The summed E-state index contributed by atoms with van der Waals surface area (Å²) in [5.41, 5.74) is 6.04. The number of anilines is 1. The van der Waals surface area contributed by atoms with Crippen LogP contribution < -0.4 is 11.1 Å². The Labute approximate surface area is 110 Å². The first kappa shape index (κ1) is 14.6. The number of nitrogens with zero attached hydrogens (tertiary/aromatic N) is 1. The van der Waals surface area contributed by atoms with Gasteiger partial charge in [0.2, 0.25) is 5.91 Å². The third-order valence-electron chi connectivity index (χ3n) is 2.55. The highest BCUT2D eigenvalue weighted by atomic mass is 32.2. The van der Waals surface area contributed by atoms with Crippen molar-refractivity contribution in [2.45, 2.75) is 36.8 Å². The summed E-state index contributed by atoms with van der Waals surface area (Å²) in [4.78, 5) is 16.1. The molecule has 1 amide bonds. The minimum atomic E-state index is -1.45. The standard InChI is InChI=1S/C12H19N3O2S/c1-3-4-6-15-12(16)9(2)18(17)11-5-7-14-8-10(11)13/h5,7-9H,3-4,6,13H2,1-2H3,(H,15,16). The lowest BCUT2D eigenvalue weighted by Crippen LogP contribution is -2.36. The van der Waals surface area contributed by atoms with Crippen molar-refractivity contribution in [3.8, 4) is 0 Å². The molecular weight excluding hydrogens is 250 g/mol. The molecule has 0 saturated carbocycles. The van der Waals surface area contributed by atoms with E-state index in [-0.39, 0.29) is 5.91 Å². The predicted molar refractivity (Wildman–Crippen MR) is 72.4 cm³/mol. The van der Waals surface area contributed by atoms with E-state index in [0.717, 1.165) is 12.8 Å². The Morgan fingerprint density at radius 3 is 2.94 bits per heavy atom. The van der Waals surface area contributed by atoms with Gasteiger partial charge in [-0.3, -0.25) is 14.0 Å². The maximum atomic E-state index is 12.2. The molecule has 1 aromatic heterocycles. The van der Waals surface area contributed by atoms with Crippen molar-refractivity contribution in [2.75, 3.05) is 12.3 Å². The fourth-order valence-corrected chi connectivity index (χ4v) is 2.54. The monoisotopic (exact) mass is 269 g/mol. The van der Waals surface area contributed by atoms with Gasteiger partial charge in [-0.25, -0.2) is 0 Å².